The normalized spacial score (nSPS) is 21.5. The molecule has 1 heterocycles. The second kappa shape index (κ2) is 5.80. The van der Waals surface area contributed by atoms with Crippen molar-refractivity contribution in [1.29, 1.82) is 0 Å². The third-order valence-corrected chi connectivity index (χ3v) is 3.15. The van der Waals surface area contributed by atoms with Gasteiger partial charge in [0.15, 0.2) is 11.6 Å². The van der Waals surface area contributed by atoms with E-state index in [1.165, 1.54) is 6.07 Å². The van der Waals surface area contributed by atoms with E-state index in [4.69, 9.17) is 9.47 Å². The SMILES string of the molecule is CN1CCOC(COc2cc(Br)ccc2F)C1. The third-order valence-electron chi connectivity index (χ3n) is 2.66. The summed E-state index contributed by atoms with van der Waals surface area (Å²) in [7, 11) is 2.04. The van der Waals surface area contributed by atoms with Gasteiger partial charge in [-0.25, -0.2) is 4.39 Å². The minimum absolute atomic E-state index is 0.00660. The fourth-order valence-corrected chi connectivity index (χ4v) is 2.08. The number of rotatable bonds is 3. The standard InChI is InChI=1S/C12H15BrFNO2/c1-15-4-5-16-10(7-15)8-17-12-6-9(13)2-3-11(12)14/h2-3,6,10H,4-5,7-8H2,1H3. The molecule has 0 aromatic heterocycles. The van der Waals surface area contributed by atoms with Gasteiger partial charge >= 0.3 is 0 Å². The van der Waals surface area contributed by atoms with Crippen LogP contribution < -0.4 is 4.74 Å². The highest BCUT2D eigenvalue weighted by atomic mass is 79.9. The first kappa shape index (κ1) is 12.8. The van der Waals surface area contributed by atoms with Crippen molar-refractivity contribution in [2.75, 3.05) is 33.4 Å². The van der Waals surface area contributed by atoms with Crippen LogP contribution in [0.5, 0.6) is 5.75 Å². The summed E-state index contributed by atoms with van der Waals surface area (Å²) in [4.78, 5) is 2.18. The summed E-state index contributed by atoms with van der Waals surface area (Å²) in [6.45, 7) is 2.82. The predicted octanol–water partition coefficient (Wildman–Crippen LogP) is 2.30. The molecule has 0 radical (unpaired) electrons. The Morgan fingerprint density at radius 1 is 1.59 bits per heavy atom. The van der Waals surface area contributed by atoms with E-state index < -0.39 is 0 Å². The lowest BCUT2D eigenvalue weighted by atomic mass is 10.3. The van der Waals surface area contributed by atoms with Crippen molar-refractivity contribution in [3.63, 3.8) is 0 Å². The number of hydrogen-bond donors (Lipinski definition) is 0. The van der Waals surface area contributed by atoms with Gasteiger partial charge in [0.25, 0.3) is 0 Å². The van der Waals surface area contributed by atoms with Crippen LogP contribution in [0.3, 0.4) is 0 Å². The smallest absolute Gasteiger partial charge is 0.165 e. The van der Waals surface area contributed by atoms with E-state index in [-0.39, 0.29) is 17.7 Å². The first-order valence-electron chi connectivity index (χ1n) is 5.53. The van der Waals surface area contributed by atoms with Gasteiger partial charge in [0.1, 0.15) is 12.7 Å². The molecule has 3 nitrogen and oxygen atoms in total. The van der Waals surface area contributed by atoms with Gasteiger partial charge in [-0.15, -0.1) is 0 Å². The molecule has 1 aromatic rings. The molecule has 1 saturated heterocycles. The van der Waals surface area contributed by atoms with Gasteiger partial charge in [0, 0.05) is 17.6 Å². The molecule has 1 aliphatic heterocycles. The van der Waals surface area contributed by atoms with Crippen LogP contribution in [-0.2, 0) is 4.74 Å². The van der Waals surface area contributed by atoms with Crippen LogP contribution in [0.25, 0.3) is 0 Å². The minimum Gasteiger partial charge on any atom is -0.488 e. The van der Waals surface area contributed by atoms with Crippen molar-refractivity contribution in [1.82, 2.24) is 4.90 Å². The largest absolute Gasteiger partial charge is 0.488 e. The molecule has 0 N–H and O–H groups in total. The summed E-state index contributed by atoms with van der Waals surface area (Å²) in [5, 5.41) is 0. The Morgan fingerprint density at radius 3 is 3.18 bits per heavy atom. The first-order valence-corrected chi connectivity index (χ1v) is 6.32. The summed E-state index contributed by atoms with van der Waals surface area (Å²) in [5.41, 5.74) is 0. The summed E-state index contributed by atoms with van der Waals surface area (Å²) in [6.07, 6.45) is 0.00660. The van der Waals surface area contributed by atoms with Crippen LogP contribution in [0.1, 0.15) is 0 Å². The molecule has 94 valence electrons. The number of benzene rings is 1. The van der Waals surface area contributed by atoms with Gasteiger partial charge in [-0.1, -0.05) is 15.9 Å². The van der Waals surface area contributed by atoms with E-state index in [0.717, 1.165) is 17.6 Å². The molecular weight excluding hydrogens is 289 g/mol. The number of halogens is 2. The topological polar surface area (TPSA) is 21.7 Å². The van der Waals surface area contributed by atoms with Crippen molar-refractivity contribution in [3.8, 4) is 5.75 Å². The zero-order valence-corrected chi connectivity index (χ0v) is 11.2. The highest BCUT2D eigenvalue weighted by Gasteiger charge is 2.18. The van der Waals surface area contributed by atoms with E-state index in [1.54, 1.807) is 12.1 Å². The molecule has 0 aliphatic carbocycles. The lowest BCUT2D eigenvalue weighted by Gasteiger charge is -2.29. The van der Waals surface area contributed by atoms with Crippen molar-refractivity contribution in [2.45, 2.75) is 6.10 Å². The van der Waals surface area contributed by atoms with Gasteiger partial charge < -0.3 is 14.4 Å². The molecule has 1 atom stereocenters. The molecule has 17 heavy (non-hydrogen) atoms. The molecule has 0 spiro atoms. The Balaban J connectivity index is 1.90. The van der Waals surface area contributed by atoms with E-state index >= 15 is 0 Å². The van der Waals surface area contributed by atoms with Gasteiger partial charge in [0.2, 0.25) is 0 Å². The summed E-state index contributed by atoms with van der Waals surface area (Å²) in [5.74, 6) is -0.0893. The van der Waals surface area contributed by atoms with Crippen LogP contribution in [0, 0.1) is 5.82 Å². The van der Waals surface area contributed by atoms with Gasteiger partial charge in [-0.05, 0) is 25.2 Å². The third kappa shape index (κ3) is 3.66. The highest BCUT2D eigenvalue weighted by molar-refractivity contribution is 9.10. The number of morpholine rings is 1. The fourth-order valence-electron chi connectivity index (χ4n) is 1.74. The van der Waals surface area contributed by atoms with Crippen LogP contribution in [-0.4, -0.2) is 44.4 Å². The highest BCUT2D eigenvalue weighted by Crippen LogP contribution is 2.22. The molecule has 0 bridgehead atoms. The molecule has 1 aromatic carbocycles. The fraction of sp³-hybridized carbons (Fsp3) is 0.500. The molecule has 1 fully saturated rings. The Kier molecular flexibility index (Phi) is 4.36. The molecule has 5 heteroatoms. The Morgan fingerprint density at radius 2 is 2.41 bits per heavy atom. The molecule has 1 aliphatic rings. The Hall–Kier alpha value is -0.650. The van der Waals surface area contributed by atoms with Gasteiger partial charge in [0.05, 0.1) is 6.61 Å². The van der Waals surface area contributed by atoms with E-state index in [0.29, 0.717) is 13.2 Å². The maximum atomic E-state index is 13.4. The summed E-state index contributed by atoms with van der Waals surface area (Å²) >= 11 is 3.29. The van der Waals surface area contributed by atoms with Crippen LogP contribution >= 0.6 is 15.9 Å². The second-order valence-corrected chi connectivity index (χ2v) is 5.06. The lowest BCUT2D eigenvalue weighted by Crippen LogP contribution is -2.42. The lowest BCUT2D eigenvalue weighted by molar-refractivity contribution is -0.0408. The second-order valence-electron chi connectivity index (χ2n) is 4.14. The minimum atomic E-state index is -0.350. The zero-order chi connectivity index (χ0) is 12.3. The van der Waals surface area contributed by atoms with Crippen molar-refractivity contribution >= 4 is 15.9 Å². The molecule has 2 rings (SSSR count). The van der Waals surface area contributed by atoms with Gasteiger partial charge in [-0.3, -0.25) is 0 Å². The molecular formula is C12H15BrFNO2. The number of ether oxygens (including phenoxy) is 2. The summed E-state index contributed by atoms with van der Waals surface area (Å²) < 4.78 is 25.2. The molecule has 0 amide bonds. The average molecular weight is 304 g/mol. The monoisotopic (exact) mass is 303 g/mol. The first-order chi connectivity index (χ1) is 8.15. The van der Waals surface area contributed by atoms with E-state index in [9.17, 15) is 4.39 Å². The number of likely N-dealkylation sites (N-methyl/N-ethyl adjacent to an activating group) is 1. The summed E-state index contributed by atoms with van der Waals surface area (Å²) in [6, 6.07) is 4.65. The van der Waals surface area contributed by atoms with E-state index in [2.05, 4.69) is 20.8 Å². The van der Waals surface area contributed by atoms with E-state index in [1.807, 2.05) is 7.05 Å². The number of nitrogens with zero attached hydrogens (tertiary/aromatic N) is 1. The maximum absolute atomic E-state index is 13.4. The maximum Gasteiger partial charge on any atom is 0.165 e. The van der Waals surface area contributed by atoms with Crippen LogP contribution in [0.2, 0.25) is 0 Å². The average Bonchev–Trinajstić information content (AvgIpc) is 2.30. The predicted molar refractivity (Wildman–Crippen MR) is 66.8 cm³/mol. The van der Waals surface area contributed by atoms with Crippen molar-refractivity contribution in [3.05, 3.63) is 28.5 Å². The van der Waals surface area contributed by atoms with Crippen LogP contribution in [0.15, 0.2) is 22.7 Å². The van der Waals surface area contributed by atoms with Crippen LogP contribution in [0.4, 0.5) is 4.39 Å². The van der Waals surface area contributed by atoms with Gasteiger partial charge in [-0.2, -0.15) is 0 Å². The molecule has 1 unspecified atom stereocenters. The molecule has 0 saturated carbocycles. The quantitative estimate of drug-likeness (QED) is 0.855. The van der Waals surface area contributed by atoms with Crippen molar-refractivity contribution < 1.29 is 13.9 Å². The Bertz CT molecular complexity index is 389. The Labute approximate surface area is 109 Å². The number of hydrogen-bond acceptors (Lipinski definition) is 3. The zero-order valence-electron chi connectivity index (χ0n) is 9.66. The van der Waals surface area contributed by atoms with Crippen molar-refractivity contribution in [2.24, 2.45) is 0 Å².